The minimum Gasteiger partial charge on any atom is -0.462 e. The molecule has 0 radical (unpaired) electrons. The van der Waals surface area contributed by atoms with Crippen molar-refractivity contribution in [2.45, 2.75) is 57.2 Å². The van der Waals surface area contributed by atoms with Gasteiger partial charge >= 0.3 is 6.01 Å². The van der Waals surface area contributed by atoms with Crippen LogP contribution in [0.5, 0.6) is 6.01 Å². The average molecular weight is 690 g/mol. The number of hydrogen-bond acceptors (Lipinski definition) is 8. The lowest BCUT2D eigenvalue weighted by molar-refractivity contribution is -0.00286. The number of pyridine rings is 1. The van der Waals surface area contributed by atoms with Crippen LogP contribution in [0.4, 0.5) is 33.5 Å². The number of benzene rings is 2. The Morgan fingerprint density at radius 2 is 1.94 bits per heavy atom. The van der Waals surface area contributed by atoms with Crippen LogP contribution in [0, 0.1) is 35.3 Å². The molecule has 8 rings (SSSR count). The molecule has 3 fully saturated rings. The molecule has 0 spiro atoms. The first kappa shape index (κ1) is 32.7. The fourth-order valence-electron chi connectivity index (χ4n) is 8.75. The van der Waals surface area contributed by atoms with Crippen molar-refractivity contribution in [3.8, 4) is 29.6 Å². The van der Waals surface area contributed by atoms with Gasteiger partial charge in [0, 0.05) is 48.0 Å². The van der Waals surface area contributed by atoms with E-state index in [0.717, 1.165) is 0 Å². The number of hydrogen-bond donors (Lipinski definition) is 2. The van der Waals surface area contributed by atoms with E-state index in [4.69, 9.17) is 26.9 Å². The van der Waals surface area contributed by atoms with E-state index in [2.05, 4.69) is 21.1 Å². The van der Waals surface area contributed by atoms with Crippen molar-refractivity contribution in [1.82, 2.24) is 25.2 Å². The SMILES string of the molecule is C#Cc1c(F)ccc2cc(N)cc(-c3nc4c5c(nc(OC[C@]6(C)CN(C)CC/C6=C\F)nc5c3F)N3C[C@@]5(F)CC[C@](F)(N5)[C@@H]3[C@@H](C)C4)c12. The second kappa shape index (κ2) is 11.2. The molecule has 0 aliphatic carbocycles. The molecule has 0 saturated carbocycles. The molecule has 2 aromatic carbocycles. The monoisotopic (exact) mass is 689 g/mol. The van der Waals surface area contributed by atoms with Crippen molar-refractivity contribution >= 4 is 33.2 Å². The molecule has 4 aliphatic heterocycles. The lowest BCUT2D eigenvalue weighted by Gasteiger charge is -2.48. The van der Waals surface area contributed by atoms with Gasteiger partial charge in [0.1, 0.15) is 29.5 Å². The van der Waals surface area contributed by atoms with Gasteiger partial charge in [0.2, 0.25) is 0 Å². The topological polar surface area (TPSA) is 92.4 Å². The number of alkyl halides is 2. The number of ether oxygens (including phenoxy) is 1. The van der Waals surface area contributed by atoms with Crippen LogP contribution in [0.1, 0.15) is 44.4 Å². The first-order valence-corrected chi connectivity index (χ1v) is 16.7. The minimum atomic E-state index is -2.10. The number of aromatic nitrogens is 3. The Morgan fingerprint density at radius 1 is 1.14 bits per heavy atom. The molecule has 4 aromatic rings. The zero-order valence-electron chi connectivity index (χ0n) is 27.9. The third-order valence-electron chi connectivity index (χ3n) is 11.0. The Kier molecular flexibility index (Phi) is 7.34. The Balaban J connectivity index is 1.37. The molecule has 3 saturated heterocycles. The summed E-state index contributed by atoms with van der Waals surface area (Å²) in [6.45, 7) is 4.57. The van der Waals surface area contributed by atoms with Crippen molar-refractivity contribution < 1.29 is 26.7 Å². The van der Waals surface area contributed by atoms with Gasteiger partial charge in [0.25, 0.3) is 0 Å². The molecular weight excluding hydrogens is 653 g/mol. The van der Waals surface area contributed by atoms with Crippen LogP contribution in [-0.2, 0) is 6.42 Å². The van der Waals surface area contributed by atoms with E-state index in [1.54, 1.807) is 11.0 Å². The van der Waals surface area contributed by atoms with Gasteiger partial charge in [-0.15, -0.1) is 6.42 Å². The van der Waals surface area contributed by atoms with E-state index < -0.39 is 40.6 Å². The first-order chi connectivity index (χ1) is 23.8. The number of anilines is 2. The predicted molar refractivity (Wildman–Crippen MR) is 181 cm³/mol. The summed E-state index contributed by atoms with van der Waals surface area (Å²) >= 11 is 0. The van der Waals surface area contributed by atoms with Crippen molar-refractivity contribution in [2.24, 2.45) is 11.3 Å². The molecule has 2 bridgehead atoms. The van der Waals surface area contributed by atoms with Gasteiger partial charge in [0.15, 0.2) is 17.4 Å². The maximum absolute atomic E-state index is 17.2. The van der Waals surface area contributed by atoms with Crippen molar-refractivity contribution in [3.63, 3.8) is 0 Å². The van der Waals surface area contributed by atoms with Crippen molar-refractivity contribution in [1.29, 1.82) is 0 Å². The second-order valence-corrected chi connectivity index (χ2v) is 14.7. The van der Waals surface area contributed by atoms with Crippen LogP contribution in [-0.4, -0.2) is 70.8 Å². The van der Waals surface area contributed by atoms with Gasteiger partial charge < -0.3 is 20.3 Å². The van der Waals surface area contributed by atoms with Crippen LogP contribution >= 0.6 is 0 Å². The number of nitrogens with zero attached hydrogens (tertiary/aromatic N) is 5. The minimum absolute atomic E-state index is 0.0417. The van der Waals surface area contributed by atoms with E-state index in [9.17, 15) is 4.39 Å². The molecule has 8 nitrogen and oxygen atoms in total. The number of nitrogens with one attached hydrogen (secondary N) is 1. The normalized spacial score (nSPS) is 30.1. The molecule has 6 heterocycles. The molecule has 5 atom stereocenters. The summed E-state index contributed by atoms with van der Waals surface area (Å²) < 4.78 is 85.3. The van der Waals surface area contributed by atoms with E-state index in [1.807, 2.05) is 20.9 Å². The number of piperazine rings is 1. The molecule has 260 valence electrons. The smallest absolute Gasteiger partial charge is 0.319 e. The Hall–Kier alpha value is -4.54. The second-order valence-electron chi connectivity index (χ2n) is 14.7. The quantitative estimate of drug-likeness (QED) is 0.111. The Morgan fingerprint density at radius 3 is 2.70 bits per heavy atom. The predicted octanol–water partition coefficient (Wildman–Crippen LogP) is 6.36. The fraction of sp³-hybridized carbons (Fsp3) is 0.432. The number of halogens is 5. The third kappa shape index (κ3) is 4.90. The lowest BCUT2D eigenvalue weighted by Crippen LogP contribution is -2.69. The van der Waals surface area contributed by atoms with Crippen LogP contribution in [0.3, 0.4) is 0 Å². The zero-order chi connectivity index (χ0) is 35.3. The highest BCUT2D eigenvalue weighted by Crippen LogP contribution is 2.50. The summed E-state index contributed by atoms with van der Waals surface area (Å²) in [6, 6.07) is 4.69. The number of nitrogen functional groups attached to an aromatic ring is 1. The summed E-state index contributed by atoms with van der Waals surface area (Å²) in [5, 5.41) is 3.52. The maximum atomic E-state index is 17.2. The highest BCUT2D eigenvalue weighted by molar-refractivity contribution is 6.04. The van der Waals surface area contributed by atoms with E-state index in [-0.39, 0.29) is 83.0 Å². The van der Waals surface area contributed by atoms with Crippen LogP contribution < -0.4 is 20.7 Å². The highest BCUT2D eigenvalue weighted by atomic mass is 19.2. The fourth-order valence-corrected chi connectivity index (χ4v) is 8.75. The van der Waals surface area contributed by atoms with E-state index >= 15 is 17.6 Å². The van der Waals surface area contributed by atoms with Crippen LogP contribution in [0.2, 0.25) is 0 Å². The van der Waals surface area contributed by atoms with E-state index in [0.29, 0.717) is 42.5 Å². The molecule has 2 aromatic heterocycles. The number of likely N-dealkylation sites (tertiary alicyclic amines) is 1. The molecular formula is C37H36F5N7O. The molecule has 4 aliphatic rings. The van der Waals surface area contributed by atoms with Crippen LogP contribution in [0.15, 0.2) is 36.2 Å². The summed E-state index contributed by atoms with van der Waals surface area (Å²) in [4.78, 5) is 17.7. The van der Waals surface area contributed by atoms with E-state index in [1.165, 1.54) is 18.2 Å². The maximum Gasteiger partial charge on any atom is 0.319 e. The van der Waals surface area contributed by atoms with Crippen molar-refractivity contribution in [2.75, 3.05) is 43.9 Å². The molecule has 0 unspecified atom stereocenters. The van der Waals surface area contributed by atoms with Gasteiger partial charge in [-0.1, -0.05) is 25.8 Å². The number of nitrogens with two attached hydrogens (primary N) is 1. The highest BCUT2D eigenvalue weighted by Gasteiger charge is 2.62. The molecule has 3 N–H and O–H groups in total. The van der Waals surface area contributed by atoms with Gasteiger partial charge in [-0.25, -0.2) is 32.3 Å². The number of terminal acetylenes is 1. The largest absolute Gasteiger partial charge is 0.462 e. The molecule has 50 heavy (non-hydrogen) atoms. The average Bonchev–Trinajstić information content (AvgIpc) is 3.25. The third-order valence-corrected chi connectivity index (χ3v) is 11.0. The van der Waals surface area contributed by atoms with Gasteiger partial charge in [-0.2, -0.15) is 9.97 Å². The molecule has 0 amide bonds. The number of rotatable bonds is 4. The van der Waals surface area contributed by atoms with Gasteiger partial charge in [-0.3, -0.25) is 0 Å². The zero-order valence-corrected chi connectivity index (χ0v) is 27.9. The first-order valence-electron chi connectivity index (χ1n) is 16.7. The lowest BCUT2D eigenvalue weighted by atomic mass is 9.78. The standard InChI is InChI=1S/C37H36F5N7O/c1-5-23-25(39)7-6-20-13-22(43)14-24(27(20)23)30-29(40)31-28-26(44-30)12-19(2)32-37(42)10-9-36(41,47-37)17-49(32)33(28)46-34(45-31)50-18-35(3)16-48(4)11-8-21(35)15-38/h1,6-7,13-15,19,32,47H,8-12,16-18,43H2,2-4H3/b21-15+/t19-,32-,35-,36+,37-/m0/s1. The summed E-state index contributed by atoms with van der Waals surface area (Å²) in [5.41, 5.74) is 6.38. The number of fused-ring (bicyclic) bond motifs is 6. The Bertz CT molecular complexity index is 2170. The Labute approximate surface area is 285 Å². The summed E-state index contributed by atoms with van der Waals surface area (Å²) in [6.07, 6.45) is 6.91. The number of piperidine rings is 1. The van der Waals surface area contributed by atoms with Crippen molar-refractivity contribution in [3.05, 3.63) is 59.1 Å². The summed E-state index contributed by atoms with van der Waals surface area (Å²) in [7, 11) is 1.93. The molecule has 13 heteroatoms. The summed E-state index contributed by atoms with van der Waals surface area (Å²) in [5.74, 6) is -3.68. The van der Waals surface area contributed by atoms with Crippen LogP contribution in [0.25, 0.3) is 32.9 Å². The van der Waals surface area contributed by atoms with Gasteiger partial charge in [0.05, 0.1) is 35.6 Å². The van der Waals surface area contributed by atoms with Gasteiger partial charge in [-0.05, 0) is 55.0 Å².